The van der Waals surface area contributed by atoms with Gasteiger partial charge in [-0.25, -0.2) is 0 Å². The quantitative estimate of drug-likeness (QED) is 0.273. The maximum Gasteiger partial charge on any atom is 0.109 e. The molecular weight excluding hydrogens is 256 g/mol. The van der Waals surface area contributed by atoms with Crippen LogP contribution in [0.4, 0.5) is 0 Å². The van der Waals surface area contributed by atoms with E-state index in [-0.39, 0.29) is 12.1 Å². The molecule has 6 heteroatoms. The molecule has 0 spiro atoms. The largest absolute Gasteiger partial charge is 0.417 e. The predicted octanol–water partition coefficient (Wildman–Crippen LogP) is 1.27. The summed E-state index contributed by atoms with van der Waals surface area (Å²) in [6.45, 7) is 7.58. The van der Waals surface area contributed by atoms with Crippen LogP contribution >= 0.6 is 0 Å². The van der Waals surface area contributed by atoms with Gasteiger partial charge in [0.25, 0.3) is 0 Å². The van der Waals surface area contributed by atoms with Gasteiger partial charge in [-0.05, 0) is 32.4 Å². The molecule has 1 atom stereocenters. The van der Waals surface area contributed by atoms with E-state index in [1.54, 1.807) is 13.3 Å². The average molecular weight is 284 g/mol. The maximum absolute atomic E-state index is 5.52. The number of likely N-dealkylation sites (N-methyl/N-ethyl adjacent to an activating group) is 1. The first-order chi connectivity index (χ1) is 9.51. The highest BCUT2D eigenvalue weighted by atomic mass is 16.6. The van der Waals surface area contributed by atoms with Crippen molar-refractivity contribution in [1.29, 1.82) is 0 Å². The zero-order valence-electron chi connectivity index (χ0n) is 13.2. The van der Waals surface area contributed by atoms with E-state index >= 15 is 0 Å². The van der Waals surface area contributed by atoms with Crippen molar-refractivity contribution in [3.05, 3.63) is 24.1 Å². The lowest BCUT2D eigenvalue weighted by atomic mass is 10.1. The monoisotopic (exact) mass is 284 g/mol. The summed E-state index contributed by atoms with van der Waals surface area (Å²) in [4.78, 5) is 11.2. The fourth-order valence-corrected chi connectivity index (χ4v) is 1.51. The first-order valence-electron chi connectivity index (χ1n) is 6.73. The van der Waals surface area contributed by atoms with Crippen molar-refractivity contribution in [1.82, 2.24) is 10.4 Å². The van der Waals surface area contributed by atoms with Crippen molar-refractivity contribution in [3.63, 3.8) is 0 Å². The van der Waals surface area contributed by atoms with Gasteiger partial charge in [-0.3, -0.25) is 4.99 Å². The molecule has 3 N–H and O–H groups in total. The molecule has 116 valence electrons. The van der Waals surface area contributed by atoms with Gasteiger partial charge < -0.3 is 20.2 Å². The Balaban J connectivity index is 4.45. The highest BCUT2D eigenvalue weighted by Gasteiger charge is 2.06. The van der Waals surface area contributed by atoms with Gasteiger partial charge in [0.2, 0.25) is 0 Å². The summed E-state index contributed by atoms with van der Waals surface area (Å²) in [5, 5.41) is 0. The summed E-state index contributed by atoms with van der Waals surface area (Å²) in [5.74, 6) is 0. The third-order valence-corrected chi connectivity index (χ3v) is 2.48. The Morgan fingerprint density at radius 3 is 2.70 bits per heavy atom. The van der Waals surface area contributed by atoms with Crippen molar-refractivity contribution in [2.75, 3.05) is 27.2 Å². The summed E-state index contributed by atoms with van der Waals surface area (Å²) in [7, 11) is 3.70. The summed E-state index contributed by atoms with van der Waals surface area (Å²) in [5.41, 5.74) is 9.00. The van der Waals surface area contributed by atoms with E-state index < -0.39 is 0 Å². The van der Waals surface area contributed by atoms with Gasteiger partial charge in [-0.2, -0.15) is 5.48 Å². The minimum atomic E-state index is -0.137. The number of aliphatic imine (C=N–C) groups is 1. The second-order valence-electron chi connectivity index (χ2n) is 4.67. The van der Waals surface area contributed by atoms with Crippen molar-refractivity contribution in [3.8, 4) is 0 Å². The van der Waals surface area contributed by atoms with Gasteiger partial charge in [0.15, 0.2) is 0 Å². The molecule has 1 unspecified atom stereocenters. The second-order valence-corrected chi connectivity index (χ2v) is 4.67. The van der Waals surface area contributed by atoms with Gasteiger partial charge in [-0.15, -0.1) is 0 Å². The third-order valence-electron chi connectivity index (χ3n) is 2.48. The standard InChI is InChI=1S/C14H28N4O2/c1-12(2)19-9-7-18(5)10-13(3)14(17-11-15)6-8-20-16-4/h6,8,10-12,14,16H,7,9H2,1-5H3,(H2,15,17)/b8-6+,13-10+. The summed E-state index contributed by atoms with van der Waals surface area (Å²) in [6.07, 6.45) is 6.96. The Hall–Kier alpha value is -1.53. The van der Waals surface area contributed by atoms with E-state index in [0.29, 0.717) is 6.61 Å². The Labute approximate surface area is 122 Å². The van der Waals surface area contributed by atoms with Gasteiger partial charge in [0.1, 0.15) is 6.26 Å². The second kappa shape index (κ2) is 11.3. The summed E-state index contributed by atoms with van der Waals surface area (Å²) in [6, 6.07) is -0.137. The summed E-state index contributed by atoms with van der Waals surface area (Å²) >= 11 is 0. The SMILES string of the molecule is CNO/C=C/C(N=CN)/C(C)=C/N(C)CCOC(C)C. The molecule has 0 amide bonds. The molecule has 0 aromatic heterocycles. The van der Waals surface area contributed by atoms with Crippen LogP contribution in [0.2, 0.25) is 0 Å². The van der Waals surface area contributed by atoms with E-state index in [1.807, 2.05) is 40.1 Å². The number of nitrogens with two attached hydrogens (primary N) is 1. The molecule has 0 aliphatic rings. The van der Waals surface area contributed by atoms with E-state index in [0.717, 1.165) is 12.1 Å². The lowest BCUT2D eigenvalue weighted by molar-refractivity contribution is 0.0701. The van der Waals surface area contributed by atoms with Crippen molar-refractivity contribution in [2.24, 2.45) is 10.7 Å². The molecule has 0 bridgehead atoms. The van der Waals surface area contributed by atoms with Gasteiger partial charge in [-0.1, -0.05) is 0 Å². The number of hydrogen-bond donors (Lipinski definition) is 2. The van der Waals surface area contributed by atoms with Crippen LogP contribution < -0.4 is 11.2 Å². The Kier molecular flexibility index (Phi) is 10.4. The smallest absolute Gasteiger partial charge is 0.109 e. The van der Waals surface area contributed by atoms with E-state index in [4.69, 9.17) is 15.3 Å². The highest BCUT2D eigenvalue weighted by Crippen LogP contribution is 2.08. The minimum absolute atomic E-state index is 0.137. The lowest BCUT2D eigenvalue weighted by Gasteiger charge is -2.18. The number of hydrogen-bond acceptors (Lipinski definition) is 5. The number of nitrogens with zero attached hydrogens (tertiary/aromatic N) is 2. The van der Waals surface area contributed by atoms with Gasteiger partial charge >= 0.3 is 0 Å². The normalized spacial score (nSPS) is 14.4. The Morgan fingerprint density at radius 2 is 2.15 bits per heavy atom. The van der Waals surface area contributed by atoms with Crippen molar-refractivity contribution in [2.45, 2.75) is 32.9 Å². The van der Waals surface area contributed by atoms with Crippen LogP contribution in [0, 0.1) is 0 Å². The topological polar surface area (TPSA) is 72.1 Å². The molecule has 0 aliphatic carbocycles. The predicted molar refractivity (Wildman–Crippen MR) is 83.2 cm³/mol. The number of ether oxygens (including phenoxy) is 1. The van der Waals surface area contributed by atoms with E-state index in [9.17, 15) is 0 Å². The van der Waals surface area contributed by atoms with Crippen LogP contribution in [0.5, 0.6) is 0 Å². The molecule has 6 nitrogen and oxygen atoms in total. The maximum atomic E-state index is 5.52. The van der Waals surface area contributed by atoms with Crippen LogP contribution in [-0.4, -0.2) is 50.6 Å². The van der Waals surface area contributed by atoms with Crippen LogP contribution in [0.1, 0.15) is 20.8 Å². The molecule has 0 aliphatic heterocycles. The molecular formula is C14H28N4O2. The first-order valence-corrected chi connectivity index (χ1v) is 6.73. The number of nitrogens with one attached hydrogen (secondary N) is 1. The van der Waals surface area contributed by atoms with Crippen LogP contribution in [-0.2, 0) is 9.57 Å². The highest BCUT2D eigenvalue weighted by molar-refractivity contribution is 5.52. The fourth-order valence-electron chi connectivity index (χ4n) is 1.51. The van der Waals surface area contributed by atoms with E-state index in [2.05, 4.69) is 15.4 Å². The van der Waals surface area contributed by atoms with Crippen LogP contribution in [0.3, 0.4) is 0 Å². The lowest BCUT2D eigenvalue weighted by Crippen LogP contribution is -2.21. The number of rotatable bonds is 10. The van der Waals surface area contributed by atoms with Gasteiger partial charge in [0.05, 0.1) is 25.1 Å². The van der Waals surface area contributed by atoms with Crippen LogP contribution in [0.25, 0.3) is 0 Å². The molecule has 0 fully saturated rings. The van der Waals surface area contributed by atoms with Gasteiger partial charge in [0, 0.05) is 26.8 Å². The molecule has 0 aromatic carbocycles. The fraction of sp³-hybridized carbons (Fsp3) is 0.643. The third kappa shape index (κ3) is 9.41. The van der Waals surface area contributed by atoms with Crippen molar-refractivity contribution >= 4 is 6.34 Å². The Morgan fingerprint density at radius 1 is 1.45 bits per heavy atom. The molecule has 20 heavy (non-hydrogen) atoms. The molecule has 0 aromatic rings. The Bertz CT molecular complexity index is 327. The molecule has 0 radical (unpaired) electrons. The summed E-state index contributed by atoms with van der Waals surface area (Å²) < 4.78 is 5.52. The average Bonchev–Trinajstić information content (AvgIpc) is 2.37. The first kappa shape index (κ1) is 18.5. The van der Waals surface area contributed by atoms with Crippen LogP contribution in [0.15, 0.2) is 29.1 Å². The number of hydroxylamine groups is 1. The van der Waals surface area contributed by atoms with Crippen molar-refractivity contribution < 1.29 is 9.57 Å². The zero-order valence-corrected chi connectivity index (χ0v) is 13.2. The molecule has 0 saturated carbocycles. The molecule has 0 rings (SSSR count). The molecule has 0 heterocycles. The zero-order chi connectivity index (χ0) is 15.4. The van der Waals surface area contributed by atoms with E-state index in [1.165, 1.54) is 6.34 Å². The minimum Gasteiger partial charge on any atom is -0.417 e. The molecule has 0 saturated heterocycles.